The van der Waals surface area contributed by atoms with Gasteiger partial charge in [-0.15, -0.1) is 0 Å². The van der Waals surface area contributed by atoms with E-state index in [9.17, 15) is 44.1 Å². The van der Waals surface area contributed by atoms with Gasteiger partial charge in [0.25, 0.3) is 5.91 Å². The molecule has 0 heterocycles. The van der Waals surface area contributed by atoms with Crippen LogP contribution in [0.2, 0.25) is 0 Å². The highest BCUT2D eigenvalue weighted by Crippen LogP contribution is 2.17. The first-order valence-corrected chi connectivity index (χ1v) is 13.7. The monoisotopic (exact) mass is 616 g/mol. The Morgan fingerprint density at radius 2 is 1.45 bits per heavy atom. The number of carbonyl (C=O) groups is 6. The van der Waals surface area contributed by atoms with Gasteiger partial charge in [0.15, 0.2) is 0 Å². The minimum absolute atomic E-state index is 0.0835. The first kappa shape index (κ1) is 35.0. The summed E-state index contributed by atoms with van der Waals surface area (Å²) in [4.78, 5) is 75.6. The number of aliphatic carboxylic acids is 3. The van der Waals surface area contributed by atoms with E-state index in [4.69, 9.17) is 15.6 Å². The number of benzene rings is 2. The Balaban J connectivity index is 2.45. The molecule has 0 radical (unpaired) electrons. The summed E-state index contributed by atoms with van der Waals surface area (Å²) in [5, 5.41) is 42.6. The number of imide groups is 1. The zero-order chi connectivity index (χ0) is 32.6. The van der Waals surface area contributed by atoms with Crippen LogP contribution in [-0.4, -0.2) is 85.9 Å². The van der Waals surface area contributed by atoms with E-state index in [2.05, 4.69) is 5.32 Å². The molecule has 4 amide bonds. The Labute approximate surface area is 252 Å². The number of carbonyl (C=O) groups excluding carboxylic acids is 3. The summed E-state index contributed by atoms with van der Waals surface area (Å²) in [7, 11) is 0. The molecule has 0 saturated heterocycles. The molecule has 238 valence electrons. The van der Waals surface area contributed by atoms with Gasteiger partial charge in [0.1, 0.15) is 30.5 Å². The van der Waals surface area contributed by atoms with Crippen LogP contribution in [0.5, 0.6) is 5.75 Å². The van der Waals surface area contributed by atoms with Crippen molar-refractivity contribution < 1.29 is 53.9 Å². The number of urea groups is 1. The largest absolute Gasteiger partial charge is 0.508 e. The number of nitrogens with zero attached hydrogens (tertiary/aromatic N) is 1. The molecule has 3 atom stereocenters. The summed E-state index contributed by atoms with van der Waals surface area (Å²) < 4.78 is 5.22. The lowest BCUT2D eigenvalue weighted by molar-refractivity contribution is -0.148. The summed E-state index contributed by atoms with van der Waals surface area (Å²) in [6, 6.07) is 7.56. The third-order valence-corrected chi connectivity index (χ3v) is 6.41. The molecular weight excluding hydrogens is 580 g/mol. The second kappa shape index (κ2) is 17.7. The van der Waals surface area contributed by atoms with Gasteiger partial charge in [-0.3, -0.25) is 9.59 Å². The van der Waals surface area contributed by atoms with Gasteiger partial charge in [0.2, 0.25) is 0 Å². The number of unbranched alkanes of at least 4 members (excludes halogenated alkanes) is 1. The maximum absolute atomic E-state index is 14.0. The smallest absolute Gasteiger partial charge is 0.408 e. The summed E-state index contributed by atoms with van der Waals surface area (Å²) >= 11 is 0. The lowest BCUT2D eigenvalue weighted by Gasteiger charge is -2.32. The summed E-state index contributed by atoms with van der Waals surface area (Å²) in [6.45, 7) is 0.0265. The zero-order valence-corrected chi connectivity index (χ0v) is 23.8. The first-order chi connectivity index (χ1) is 20.9. The molecule has 2 aromatic carbocycles. The predicted octanol–water partition coefficient (Wildman–Crippen LogP) is 1.67. The third kappa shape index (κ3) is 11.6. The van der Waals surface area contributed by atoms with Crippen molar-refractivity contribution in [3.05, 3.63) is 65.7 Å². The molecule has 0 spiro atoms. The molecule has 0 aliphatic heterocycles. The molecule has 44 heavy (non-hydrogen) atoms. The van der Waals surface area contributed by atoms with Gasteiger partial charge in [-0.05, 0) is 55.5 Å². The van der Waals surface area contributed by atoms with Gasteiger partial charge in [0.05, 0.1) is 0 Å². The quantitative estimate of drug-likeness (QED) is 0.125. The topological polar surface area (TPSA) is 246 Å². The van der Waals surface area contributed by atoms with Crippen LogP contribution in [0.25, 0.3) is 0 Å². The van der Waals surface area contributed by atoms with E-state index in [0.29, 0.717) is 22.4 Å². The number of hydrogen-bond donors (Lipinski definition) is 7. The van der Waals surface area contributed by atoms with Crippen molar-refractivity contribution in [1.82, 2.24) is 15.5 Å². The molecule has 0 fully saturated rings. The van der Waals surface area contributed by atoms with Crippen molar-refractivity contribution in [2.75, 3.05) is 6.54 Å². The highest BCUT2D eigenvalue weighted by atomic mass is 16.5. The van der Waals surface area contributed by atoms with Gasteiger partial charge in [-0.2, -0.15) is 0 Å². The number of nitrogens with two attached hydrogens (primary N) is 1. The van der Waals surface area contributed by atoms with Crippen molar-refractivity contribution in [3.8, 4) is 5.75 Å². The number of amides is 4. The SMILES string of the molecule is NCCCC[C@@H](C(=O)O)N(C(=O)N[C@@H](CCC(=O)O)C(=O)O)C(=O)[C@H](Cc1ccc(O)cc1)NC(=O)OCc1ccccc1. The highest BCUT2D eigenvalue weighted by molar-refractivity contribution is 6.02. The third-order valence-electron chi connectivity index (χ3n) is 6.41. The summed E-state index contributed by atoms with van der Waals surface area (Å²) in [6.07, 6.45) is -2.24. The van der Waals surface area contributed by atoms with Gasteiger partial charge < -0.3 is 41.5 Å². The van der Waals surface area contributed by atoms with E-state index in [1.54, 1.807) is 30.3 Å². The van der Waals surface area contributed by atoms with Crippen LogP contribution < -0.4 is 16.4 Å². The van der Waals surface area contributed by atoms with Gasteiger partial charge in [-0.25, -0.2) is 24.1 Å². The van der Waals surface area contributed by atoms with Gasteiger partial charge >= 0.3 is 30.0 Å². The van der Waals surface area contributed by atoms with Gasteiger partial charge in [0, 0.05) is 12.8 Å². The van der Waals surface area contributed by atoms with Crippen LogP contribution in [-0.2, 0) is 36.9 Å². The zero-order valence-electron chi connectivity index (χ0n) is 23.8. The predicted molar refractivity (Wildman–Crippen MR) is 153 cm³/mol. The molecule has 0 bridgehead atoms. The molecule has 0 saturated carbocycles. The second-order valence-electron chi connectivity index (χ2n) is 9.75. The van der Waals surface area contributed by atoms with E-state index >= 15 is 0 Å². The Kier molecular flexibility index (Phi) is 14.1. The molecule has 2 aromatic rings. The number of phenolic OH excluding ortho intramolecular Hbond substituents is 1. The Bertz CT molecular complexity index is 1290. The minimum atomic E-state index is -1.80. The van der Waals surface area contributed by atoms with Crippen molar-refractivity contribution in [1.29, 1.82) is 0 Å². The number of carboxylic acid groups (broad SMARTS) is 3. The number of rotatable bonds is 17. The molecule has 15 nitrogen and oxygen atoms in total. The Morgan fingerprint density at radius 3 is 2.02 bits per heavy atom. The van der Waals surface area contributed by atoms with Crippen LogP contribution in [0, 0.1) is 0 Å². The number of aromatic hydroxyl groups is 1. The standard InChI is InChI=1S/C29H36N4O11/c30-15-5-4-8-23(27(40)41)33(28(42)31-21(26(38)39)13-14-24(35)36)25(37)22(16-18-9-11-20(34)12-10-18)32-29(43)44-17-19-6-2-1-3-7-19/h1-3,6-7,9-12,21-23,34H,4-5,8,13-17,30H2,(H,31,42)(H,32,43)(H,35,36)(H,38,39)(H,40,41)/t21-,22-,23-/m0/s1. The number of ether oxygens (including phenoxy) is 1. The maximum Gasteiger partial charge on any atom is 0.408 e. The minimum Gasteiger partial charge on any atom is -0.508 e. The fourth-order valence-electron chi connectivity index (χ4n) is 4.13. The Morgan fingerprint density at radius 1 is 0.795 bits per heavy atom. The lowest BCUT2D eigenvalue weighted by atomic mass is 10.0. The van der Waals surface area contributed by atoms with E-state index in [-0.39, 0.29) is 38.2 Å². The molecule has 2 rings (SSSR count). The van der Waals surface area contributed by atoms with E-state index in [1.807, 2.05) is 5.32 Å². The van der Waals surface area contributed by atoms with Crippen molar-refractivity contribution in [3.63, 3.8) is 0 Å². The molecule has 15 heteroatoms. The fraction of sp³-hybridized carbons (Fsp3) is 0.379. The summed E-state index contributed by atoms with van der Waals surface area (Å²) in [5.74, 6) is -5.81. The van der Waals surface area contributed by atoms with Gasteiger partial charge in [-0.1, -0.05) is 42.5 Å². The maximum atomic E-state index is 14.0. The first-order valence-electron chi connectivity index (χ1n) is 13.7. The molecule has 8 N–H and O–H groups in total. The highest BCUT2D eigenvalue weighted by Gasteiger charge is 2.40. The number of alkyl carbamates (subject to hydrolysis) is 1. The molecule has 0 aliphatic rings. The molecule has 0 aliphatic carbocycles. The Hall–Kier alpha value is -5.18. The van der Waals surface area contributed by atoms with Crippen LogP contribution in [0.15, 0.2) is 54.6 Å². The molecule has 0 unspecified atom stereocenters. The van der Waals surface area contributed by atoms with Crippen molar-refractivity contribution in [2.24, 2.45) is 5.73 Å². The second-order valence-corrected chi connectivity index (χ2v) is 9.75. The van der Waals surface area contributed by atoms with E-state index < -0.39 is 66.9 Å². The number of nitrogens with one attached hydrogen (secondary N) is 2. The van der Waals surface area contributed by atoms with E-state index in [1.165, 1.54) is 24.3 Å². The van der Waals surface area contributed by atoms with E-state index in [0.717, 1.165) is 0 Å². The summed E-state index contributed by atoms with van der Waals surface area (Å²) in [5.41, 5.74) is 6.56. The normalized spacial score (nSPS) is 12.7. The lowest BCUT2D eigenvalue weighted by Crippen LogP contribution is -2.60. The van der Waals surface area contributed by atoms with Crippen LogP contribution in [0.3, 0.4) is 0 Å². The van der Waals surface area contributed by atoms with Crippen LogP contribution in [0.4, 0.5) is 9.59 Å². The number of carboxylic acids is 3. The van der Waals surface area contributed by atoms with Crippen LogP contribution in [0.1, 0.15) is 43.2 Å². The molecule has 0 aromatic heterocycles. The average Bonchev–Trinajstić information content (AvgIpc) is 2.98. The number of phenols is 1. The van der Waals surface area contributed by atoms with Crippen molar-refractivity contribution in [2.45, 2.75) is 63.3 Å². The average molecular weight is 617 g/mol. The van der Waals surface area contributed by atoms with Crippen molar-refractivity contribution >= 4 is 35.9 Å². The van der Waals surface area contributed by atoms with Crippen LogP contribution >= 0.6 is 0 Å². The fourth-order valence-corrected chi connectivity index (χ4v) is 4.13. The molecular formula is C29H36N4O11. The number of hydrogen-bond acceptors (Lipinski definition) is 9.